The number of carbonyl (C=O) groups is 1. The van der Waals surface area contributed by atoms with Gasteiger partial charge in [-0.2, -0.15) is 0 Å². The summed E-state index contributed by atoms with van der Waals surface area (Å²) >= 11 is 1.29. The zero-order valence-electron chi connectivity index (χ0n) is 14.6. The van der Waals surface area contributed by atoms with Gasteiger partial charge in [-0.3, -0.25) is 10.1 Å². The van der Waals surface area contributed by atoms with Crippen LogP contribution in [0.3, 0.4) is 0 Å². The molecule has 0 unspecified atom stereocenters. The minimum atomic E-state index is -0.519. The standard InChI is InChI=1S/C20H13F2N3O2S/c1-11-18(12-5-7-14(21)8-6-12)23-20(28-11)24-19(26)17-10-16(25-27-17)13-3-2-4-15(22)9-13/h2-10H,1H3,(H,23,24,26). The molecule has 2 aromatic heterocycles. The maximum Gasteiger partial charge on any atom is 0.296 e. The number of aromatic nitrogens is 2. The van der Waals surface area contributed by atoms with Gasteiger partial charge >= 0.3 is 0 Å². The van der Waals surface area contributed by atoms with Crippen LogP contribution in [0.15, 0.2) is 59.1 Å². The first-order valence-electron chi connectivity index (χ1n) is 8.27. The van der Waals surface area contributed by atoms with Crippen LogP contribution in [0.4, 0.5) is 13.9 Å². The number of thiazole rings is 1. The zero-order chi connectivity index (χ0) is 19.7. The van der Waals surface area contributed by atoms with E-state index < -0.39 is 11.7 Å². The molecule has 140 valence electrons. The Morgan fingerprint density at radius 1 is 1.04 bits per heavy atom. The molecule has 5 nitrogen and oxygen atoms in total. The molecular formula is C20H13F2N3O2S. The van der Waals surface area contributed by atoms with Crippen LogP contribution in [0.2, 0.25) is 0 Å². The molecule has 2 heterocycles. The van der Waals surface area contributed by atoms with Crippen LogP contribution in [-0.2, 0) is 0 Å². The second-order valence-electron chi connectivity index (χ2n) is 5.97. The lowest BCUT2D eigenvalue weighted by molar-refractivity contribution is 0.0988. The van der Waals surface area contributed by atoms with E-state index in [1.807, 2.05) is 6.92 Å². The molecule has 0 fully saturated rings. The number of nitrogens with zero attached hydrogens (tertiary/aromatic N) is 2. The maximum absolute atomic E-state index is 13.3. The molecule has 0 saturated carbocycles. The molecule has 0 bridgehead atoms. The number of hydrogen-bond donors (Lipinski definition) is 1. The normalized spacial score (nSPS) is 10.8. The first-order valence-corrected chi connectivity index (χ1v) is 9.08. The highest BCUT2D eigenvalue weighted by molar-refractivity contribution is 7.16. The molecule has 2 aromatic carbocycles. The summed E-state index contributed by atoms with van der Waals surface area (Å²) in [5, 5.41) is 6.86. The van der Waals surface area contributed by atoms with Crippen molar-refractivity contribution in [3.05, 3.63) is 76.9 Å². The molecule has 0 aliphatic heterocycles. The first kappa shape index (κ1) is 18.0. The van der Waals surface area contributed by atoms with Gasteiger partial charge in [0.1, 0.15) is 17.3 Å². The van der Waals surface area contributed by atoms with Gasteiger partial charge in [0.05, 0.1) is 5.69 Å². The van der Waals surface area contributed by atoms with Gasteiger partial charge in [-0.25, -0.2) is 13.8 Å². The summed E-state index contributed by atoms with van der Waals surface area (Å²) < 4.78 is 31.5. The fraction of sp³-hybridized carbons (Fsp3) is 0.0500. The SMILES string of the molecule is Cc1sc(NC(=O)c2cc(-c3cccc(F)c3)no2)nc1-c1ccc(F)cc1. The second kappa shape index (κ2) is 7.32. The van der Waals surface area contributed by atoms with Gasteiger partial charge < -0.3 is 4.52 Å². The molecule has 0 radical (unpaired) electrons. The zero-order valence-corrected chi connectivity index (χ0v) is 15.4. The number of aryl methyl sites for hydroxylation is 1. The number of halogens is 2. The number of benzene rings is 2. The molecule has 0 aliphatic carbocycles. The van der Waals surface area contributed by atoms with Gasteiger partial charge in [0.2, 0.25) is 5.76 Å². The van der Waals surface area contributed by atoms with Crippen molar-refractivity contribution in [2.45, 2.75) is 6.92 Å². The van der Waals surface area contributed by atoms with Gasteiger partial charge in [0, 0.05) is 22.1 Å². The Morgan fingerprint density at radius 3 is 2.57 bits per heavy atom. The Morgan fingerprint density at radius 2 is 1.82 bits per heavy atom. The Bertz CT molecular complexity index is 1150. The molecule has 28 heavy (non-hydrogen) atoms. The third kappa shape index (κ3) is 3.67. The van der Waals surface area contributed by atoms with E-state index in [1.54, 1.807) is 24.3 Å². The molecule has 0 aliphatic rings. The minimum Gasteiger partial charge on any atom is -0.350 e. The second-order valence-corrected chi connectivity index (χ2v) is 7.17. The fourth-order valence-corrected chi connectivity index (χ4v) is 3.48. The summed E-state index contributed by atoms with van der Waals surface area (Å²) in [5.41, 5.74) is 2.28. The lowest BCUT2D eigenvalue weighted by Gasteiger charge is -1.98. The number of carbonyl (C=O) groups excluding carboxylic acids is 1. The Labute approximate surface area is 162 Å². The number of hydrogen-bond acceptors (Lipinski definition) is 5. The molecule has 0 atom stereocenters. The molecule has 4 aromatic rings. The summed E-state index contributed by atoms with van der Waals surface area (Å²) in [7, 11) is 0. The van der Waals surface area contributed by atoms with Gasteiger partial charge in [-0.1, -0.05) is 17.3 Å². The van der Waals surface area contributed by atoms with Crippen molar-refractivity contribution in [3.8, 4) is 22.5 Å². The van der Waals surface area contributed by atoms with Crippen molar-refractivity contribution in [1.82, 2.24) is 10.1 Å². The van der Waals surface area contributed by atoms with E-state index in [4.69, 9.17) is 4.52 Å². The van der Waals surface area contributed by atoms with Crippen molar-refractivity contribution in [2.24, 2.45) is 0 Å². The predicted molar refractivity (Wildman–Crippen MR) is 102 cm³/mol. The number of amides is 1. The summed E-state index contributed by atoms with van der Waals surface area (Å²) in [5.74, 6) is -1.27. The molecule has 4 rings (SSSR count). The van der Waals surface area contributed by atoms with Crippen LogP contribution in [0.5, 0.6) is 0 Å². The van der Waals surface area contributed by atoms with E-state index in [1.165, 1.54) is 41.7 Å². The molecule has 1 amide bonds. The lowest BCUT2D eigenvalue weighted by atomic mass is 10.1. The average molecular weight is 397 g/mol. The van der Waals surface area contributed by atoms with E-state index in [2.05, 4.69) is 15.5 Å². The summed E-state index contributed by atoms with van der Waals surface area (Å²) in [6, 6.07) is 13.3. The highest BCUT2D eigenvalue weighted by Crippen LogP contribution is 2.31. The molecule has 1 N–H and O–H groups in total. The van der Waals surface area contributed by atoms with Crippen LogP contribution in [-0.4, -0.2) is 16.0 Å². The number of rotatable bonds is 4. The largest absolute Gasteiger partial charge is 0.350 e. The third-order valence-electron chi connectivity index (χ3n) is 3.99. The van der Waals surface area contributed by atoms with Gasteiger partial charge in [0.15, 0.2) is 5.13 Å². The summed E-state index contributed by atoms with van der Waals surface area (Å²) in [6.45, 7) is 1.86. The van der Waals surface area contributed by atoms with E-state index >= 15 is 0 Å². The van der Waals surface area contributed by atoms with Crippen LogP contribution >= 0.6 is 11.3 Å². The van der Waals surface area contributed by atoms with Crippen LogP contribution < -0.4 is 5.32 Å². The van der Waals surface area contributed by atoms with Gasteiger partial charge in [-0.05, 0) is 43.3 Å². The van der Waals surface area contributed by atoms with Crippen molar-refractivity contribution in [2.75, 3.05) is 5.32 Å². The topological polar surface area (TPSA) is 68.0 Å². The highest BCUT2D eigenvalue weighted by Gasteiger charge is 2.17. The maximum atomic E-state index is 13.3. The van der Waals surface area contributed by atoms with Crippen molar-refractivity contribution >= 4 is 22.4 Å². The Hall–Kier alpha value is -3.39. The predicted octanol–water partition coefficient (Wildman–Crippen LogP) is 5.30. The van der Waals surface area contributed by atoms with E-state index in [0.29, 0.717) is 22.1 Å². The molecule has 8 heteroatoms. The quantitative estimate of drug-likeness (QED) is 0.507. The van der Waals surface area contributed by atoms with Crippen molar-refractivity contribution in [1.29, 1.82) is 0 Å². The smallest absolute Gasteiger partial charge is 0.296 e. The van der Waals surface area contributed by atoms with E-state index in [9.17, 15) is 13.6 Å². The minimum absolute atomic E-state index is 0.0181. The highest BCUT2D eigenvalue weighted by atomic mass is 32.1. The fourth-order valence-electron chi connectivity index (χ4n) is 2.65. The Balaban J connectivity index is 1.53. The van der Waals surface area contributed by atoms with Crippen LogP contribution in [0.1, 0.15) is 15.4 Å². The first-order chi connectivity index (χ1) is 13.5. The molecule has 0 saturated heterocycles. The summed E-state index contributed by atoms with van der Waals surface area (Å²) in [4.78, 5) is 17.7. The van der Waals surface area contributed by atoms with Crippen molar-refractivity contribution < 1.29 is 18.1 Å². The average Bonchev–Trinajstić information content (AvgIpc) is 3.30. The van der Waals surface area contributed by atoms with Crippen LogP contribution in [0, 0.1) is 18.6 Å². The summed E-state index contributed by atoms with van der Waals surface area (Å²) in [6.07, 6.45) is 0. The number of nitrogens with one attached hydrogen (secondary N) is 1. The lowest BCUT2D eigenvalue weighted by Crippen LogP contribution is -2.10. The van der Waals surface area contributed by atoms with Gasteiger partial charge in [-0.15, -0.1) is 11.3 Å². The van der Waals surface area contributed by atoms with Crippen LogP contribution in [0.25, 0.3) is 22.5 Å². The van der Waals surface area contributed by atoms with E-state index in [0.717, 1.165) is 10.4 Å². The molecule has 0 spiro atoms. The monoisotopic (exact) mass is 397 g/mol. The van der Waals surface area contributed by atoms with E-state index in [-0.39, 0.29) is 11.6 Å². The third-order valence-corrected chi connectivity index (χ3v) is 4.88. The molecular weight excluding hydrogens is 384 g/mol. The Kier molecular flexibility index (Phi) is 4.70. The van der Waals surface area contributed by atoms with Crippen molar-refractivity contribution in [3.63, 3.8) is 0 Å². The number of anilines is 1. The van der Waals surface area contributed by atoms with Gasteiger partial charge in [0.25, 0.3) is 5.91 Å².